The Morgan fingerprint density at radius 3 is 2.36 bits per heavy atom. The number of primary amides is 1. The summed E-state index contributed by atoms with van der Waals surface area (Å²) in [6.45, 7) is 18.9. The third-order valence-electron chi connectivity index (χ3n) is 15.6. The van der Waals surface area contributed by atoms with Gasteiger partial charge in [-0.15, -0.1) is 0 Å². The van der Waals surface area contributed by atoms with Crippen LogP contribution in [0.3, 0.4) is 0 Å². The highest BCUT2D eigenvalue weighted by molar-refractivity contribution is 5.93. The fourth-order valence-corrected chi connectivity index (χ4v) is 10.4. The van der Waals surface area contributed by atoms with Gasteiger partial charge in [0, 0.05) is 50.0 Å². The zero-order chi connectivity index (χ0) is 56.2. The minimum absolute atomic E-state index is 0.0109. The number of nitrogens with zero attached hydrogens (tertiary/aromatic N) is 1. The number of aliphatic hydroxyl groups is 3. The highest BCUT2D eigenvalue weighted by Gasteiger charge is 2.39. The molecule has 0 aliphatic carbocycles. The van der Waals surface area contributed by atoms with E-state index in [1.165, 1.54) is 18.0 Å². The minimum atomic E-state index is -1.40. The number of benzene rings is 1. The molecule has 15 atom stereocenters. The molecule has 3 heterocycles. The van der Waals surface area contributed by atoms with Gasteiger partial charge in [0.25, 0.3) is 5.91 Å². The number of nitrogens with two attached hydrogens (primary N) is 1. The number of ether oxygens (including phenoxy) is 2. The van der Waals surface area contributed by atoms with Crippen molar-refractivity contribution in [1.82, 2.24) is 21.1 Å². The van der Waals surface area contributed by atoms with Gasteiger partial charge in [0.2, 0.25) is 17.7 Å². The van der Waals surface area contributed by atoms with Crippen LogP contribution in [0.25, 0.3) is 0 Å². The topological polar surface area (TPSA) is 247 Å². The number of aliphatic hydroxyl groups excluding tert-OH is 3. The van der Waals surface area contributed by atoms with Crippen LogP contribution in [0.5, 0.6) is 0 Å². The highest BCUT2D eigenvalue weighted by atomic mass is 16.5. The van der Waals surface area contributed by atoms with Crippen LogP contribution in [0.4, 0.5) is 0 Å². The molecule has 0 spiro atoms. The predicted octanol–water partition coefficient (Wildman–Crippen LogP) is 6.68. The molecule has 422 valence electrons. The van der Waals surface area contributed by atoms with Gasteiger partial charge in [-0.05, 0) is 100 Å². The van der Waals surface area contributed by atoms with E-state index in [1.807, 2.05) is 69.3 Å². The lowest BCUT2D eigenvalue weighted by Gasteiger charge is -2.38. The minimum Gasteiger partial charge on any atom is -0.456 e. The maximum atomic E-state index is 14.5. The van der Waals surface area contributed by atoms with Crippen LogP contribution >= 0.6 is 0 Å². The summed E-state index contributed by atoms with van der Waals surface area (Å²) >= 11 is 0. The summed E-state index contributed by atoms with van der Waals surface area (Å²) in [5.74, 6) is -5.31. The van der Waals surface area contributed by atoms with Crippen molar-refractivity contribution < 1.29 is 53.6 Å². The Morgan fingerprint density at radius 1 is 0.987 bits per heavy atom. The lowest BCUT2D eigenvalue weighted by Crippen LogP contribution is -2.62. The van der Waals surface area contributed by atoms with E-state index in [4.69, 9.17) is 15.2 Å². The number of carbonyl (C=O) groups is 6. The Hall–Kier alpha value is -5.26. The molecule has 3 aliphatic rings. The summed E-state index contributed by atoms with van der Waals surface area (Å²) in [5.41, 5.74) is 11.4. The number of esters is 1. The average molecular weight is 1060 g/mol. The fraction of sp³-hybridized carbons (Fsp3) is 0.633. The lowest BCUT2D eigenvalue weighted by atomic mass is 9.82. The Kier molecular flexibility index (Phi) is 26.0. The first-order chi connectivity index (χ1) is 36.0. The second-order valence-corrected chi connectivity index (χ2v) is 22.2. The lowest BCUT2D eigenvalue weighted by molar-refractivity contribution is -0.156. The smallest absolute Gasteiger partial charge is 0.325 e. The summed E-state index contributed by atoms with van der Waals surface area (Å²) in [6.07, 6.45) is 14.8. The van der Waals surface area contributed by atoms with Crippen molar-refractivity contribution in [3.63, 3.8) is 0 Å². The maximum Gasteiger partial charge on any atom is 0.325 e. The summed E-state index contributed by atoms with van der Waals surface area (Å²) in [4.78, 5) is 81.0. The molecule has 3 aliphatic heterocycles. The fourth-order valence-electron chi connectivity index (χ4n) is 10.4. The number of carbonyl (C=O) groups excluding carboxylic acids is 6. The van der Waals surface area contributed by atoms with Crippen LogP contribution in [0.15, 0.2) is 90.1 Å². The Bertz CT molecular complexity index is 2230. The molecule has 0 aromatic heterocycles. The van der Waals surface area contributed by atoms with E-state index in [0.717, 1.165) is 23.1 Å². The Morgan fingerprint density at radius 2 is 1.70 bits per heavy atom. The van der Waals surface area contributed by atoms with E-state index < -0.39 is 84.0 Å². The van der Waals surface area contributed by atoms with Gasteiger partial charge in [0.15, 0.2) is 0 Å². The van der Waals surface area contributed by atoms with Gasteiger partial charge in [-0.25, -0.2) is 5.43 Å². The van der Waals surface area contributed by atoms with E-state index in [9.17, 15) is 44.1 Å². The number of nitrogens with one attached hydrogen (secondary N) is 3. The van der Waals surface area contributed by atoms with E-state index in [2.05, 4.69) is 42.9 Å². The second-order valence-electron chi connectivity index (χ2n) is 22.2. The first kappa shape index (κ1) is 63.3. The van der Waals surface area contributed by atoms with Gasteiger partial charge in [0.1, 0.15) is 30.0 Å². The third kappa shape index (κ3) is 19.3. The van der Waals surface area contributed by atoms with Crippen LogP contribution in [0.1, 0.15) is 139 Å². The molecule has 1 unspecified atom stereocenters. The molecule has 0 radical (unpaired) electrons. The van der Waals surface area contributed by atoms with Crippen molar-refractivity contribution in [1.29, 1.82) is 0 Å². The first-order valence-electron chi connectivity index (χ1n) is 27.8. The normalized spacial score (nSPS) is 30.4. The Labute approximate surface area is 452 Å². The van der Waals surface area contributed by atoms with Crippen LogP contribution in [0, 0.1) is 41.4 Å². The molecule has 4 amide bonds. The van der Waals surface area contributed by atoms with Gasteiger partial charge in [-0.3, -0.25) is 29.0 Å². The van der Waals surface area contributed by atoms with Crippen molar-refractivity contribution in [3.05, 3.63) is 95.6 Å². The molecule has 16 nitrogen and oxygen atoms in total. The summed E-state index contributed by atoms with van der Waals surface area (Å²) in [7, 11) is 0. The SMILES string of the molecule is CC[C@@H](C[C@H](C)[C@H]1O[C@@H](C[C@H](O)[C@@H](C)CC/C=C/C=C(\C)[C@@H]2C/C=C/C=C/[C@H](O)[C@H](C)[C@@H](O)[C@@H](CCC(C)=O)C(=O)N[C@@H](C(C)C)C(=O)N[C@@H](Cc3ccccc3)C(=O)N3CCCC(N3)C(=O)O2)[C@H](C)C=C1C)C(N)=O. The quantitative estimate of drug-likeness (QED) is 0.0436. The standard InChI is InChI=1S/C60H91N5O11/c1-11-45(56(61)70)33-41(8)55-40(7)32-39(6)52(75-55)35-50(68)37(4)22-15-12-16-23-38(5)51-28-20-14-19-27-49(67)43(10)54(69)46(30-29-42(9)66)57(71)63-53(36(2)3)58(72)62-48(34-44-24-17-13-18-25-44)59(73)65-31-21-26-47(64-65)60(74)76-51/h12-14,16-20,23-25,27,32,36-37,39,41,43,45-55,64,67-69H,11,15,21-22,26,28-31,33-35H2,1-10H3,(H2,61,70)(H,62,72)(H,63,71)/b16-12+,20-14+,27-19+,38-23+/t37-,39+,41-,43-,45-,46+,47?,48-,49-,50-,51-,52-,53-,54+,55-/m0/s1. The zero-order valence-electron chi connectivity index (χ0n) is 46.9. The molecule has 2 bridgehead atoms. The summed E-state index contributed by atoms with van der Waals surface area (Å²) in [5, 5.41) is 41.2. The average Bonchev–Trinajstić information content (AvgIpc) is 3.38. The molecule has 0 saturated carbocycles. The van der Waals surface area contributed by atoms with Gasteiger partial charge in [-0.1, -0.05) is 127 Å². The molecular weight excluding hydrogens is 967 g/mol. The van der Waals surface area contributed by atoms with E-state index in [1.54, 1.807) is 39.0 Å². The molecule has 1 saturated heterocycles. The first-order valence-corrected chi connectivity index (χ1v) is 27.8. The molecule has 1 aromatic carbocycles. The van der Waals surface area contributed by atoms with E-state index >= 15 is 0 Å². The van der Waals surface area contributed by atoms with Crippen LogP contribution in [-0.4, -0.2) is 117 Å². The summed E-state index contributed by atoms with van der Waals surface area (Å²) < 4.78 is 12.8. The van der Waals surface area contributed by atoms with Crippen LogP contribution < -0.4 is 21.8 Å². The van der Waals surface area contributed by atoms with Gasteiger partial charge >= 0.3 is 5.97 Å². The van der Waals surface area contributed by atoms with Crippen LogP contribution in [-0.2, 0) is 44.7 Å². The molecule has 76 heavy (non-hydrogen) atoms. The number of rotatable bonds is 19. The molecule has 16 heteroatoms. The largest absolute Gasteiger partial charge is 0.456 e. The second kappa shape index (κ2) is 31.2. The van der Waals surface area contributed by atoms with Crippen LogP contribution in [0.2, 0.25) is 0 Å². The van der Waals surface area contributed by atoms with E-state index in [0.29, 0.717) is 38.5 Å². The van der Waals surface area contributed by atoms with Gasteiger partial charge in [0.05, 0.1) is 36.4 Å². The van der Waals surface area contributed by atoms with Crippen molar-refractivity contribution in [3.8, 4) is 0 Å². The number of amides is 4. The number of Topliss-reactive ketones (excluding diaryl/α,β-unsaturated/α-hetero) is 1. The molecule has 4 rings (SSSR count). The van der Waals surface area contributed by atoms with Gasteiger partial charge in [-0.2, -0.15) is 0 Å². The summed E-state index contributed by atoms with van der Waals surface area (Å²) in [6, 6.07) is 6.06. The third-order valence-corrected chi connectivity index (χ3v) is 15.6. The maximum absolute atomic E-state index is 14.5. The van der Waals surface area contributed by atoms with Gasteiger partial charge < -0.3 is 46.0 Å². The van der Waals surface area contributed by atoms with E-state index in [-0.39, 0.29) is 79.8 Å². The number of fused-ring (bicyclic) bond motifs is 2. The predicted molar refractivity (Wildman–Crippen MR) is 294 cm³/mol. The number of hydrogen-bond acceptors (Lipinski definition) is 12. The van der Waals surface area contributed by atoms with Crippen molar-refractivity contribution in [2.75, 3.05) is 6.54 Å². The molecular formula is C60H91N5O11. The Balaban J connectivity index is 1.55. The molecule has 1 fully saturated rings. The van der Waals surface area contributed by atoms with Crippen molar-refractivity contribution >= 4 is 35.4 Å². The zero-order valence-corrected chi connectivity index (χ0v) is 46.9. The van der Waals surface area contributed by atoms with Crippen molar-refractivity contribution in [2.24, 2.45) is 47.2 Å². The number of allylic oxidation sites excluding steroid dienone is 5. The van der Waals surface area contributed by atoms with Crippen molar-refractivity contribution in [2.45, 2.75) is 195 Å². The number of hydrazine groups is 1. The number of ketones is 1. The monoisotopic (exact) mass is 1060 g/mol. The highest BCUT2D eigenvalue weighted by Crippen LogP contribution is 2.34. The molecule has 1 aromatic rings. The number of cyclic esters (lactones) is 1. The molecule has 8 N–H and O–H groups in total. The number of hydrogen-bond donors (Lipinski definition) is 7.